The van der Waals surface area contributed by atoms with Crippen molar-refractivity contribution in [3.63, 3.8) is 0 Å². The molecule has 0 spiro atoms. The summed E-state index contributed by atoms with van der Waals surface area (Å²) in [5, 5.41) is 0. The highest BCUT2D eigenvalue weighted by Gasteiger charge is 2.34. The van der Waals surface area contributed by atoms with Crippen molar-refractivity contribution in [1.82, 2.24) is 0 Å². The number of carbonyl (C=O) groups excluding carboxylic acids is 2. The summed E-state index contributed by atoms with van der Waals surface area (Å²) < 4.78 is 11.1. The minimum absolute atomic E-state index is 0.00949. The Hall–Kier alpha value is -1.06. The Bertz CT molecular complexity index is 539. The number of rotatable bonds is 6. The third-order valence-electron chi connectivity index (χ3n) is 7.10. The molecule has 0 aromatic heterocycles. The third kappa shape index (κ3) is 10.4. The van der Waals surface area contributed by atoms with Gasteiger partial charge < -0.3 is 9.47 Å². The van der Waals surface area contributed by atoms with Crippen molar-refractivity contribution >= 4 is 11.9 Å². The molecule has 182 valence electrons. The Morgan fingerprint density at radius 1 is 0.742 bits per heavy atom. The van der Waals surface area contributed by atoms with E-state index in [1.165, 1.54) is 32.6 Å². The Labute approximate surface area is 192 Å². The minimum Gasteiger partial charge on any atom is -0.462 e. The van der Waals surface area contributed by atoms with Gasteiger partial charge in [0.25, 0.3) is 0 Å². The first-order valence-corrected chi connectivity index (χ1v) is 12.8. The maximum Gasteiger partial charge on any atom is 0.306 e. The lowest BCUT2D eigenvalue weighted by Crippen LogP contribution is -2.36. The molecule has 0 heterocycles. The molecule has 0 saturated heterocycles. The molecule has 6 unspecified atom stereocenters. The zero-order valence-corrected chi connectivity index (χ0v) is 21.8. The van der Waals surface area contributed by atoms with E-state index >= 15 is 0 Å². The molecule has 2 rings (SSSR count). The summed E-state index contributed by atoms with van der Waals surface area (Å²) in [6.07, 6.45) is 7.93. The molecule has 6 atom stereocenters. The van der Waals surface area contributed by atoms with Crippen LogP contribution in [0.25, 0.3) is 0 Å². The van der Waals surface area contributed by atoms with Crippen molar-refractivity contribution in [2.24, 2.45) is 41.4 Å². The first-order chi connectivity index (χ1) is 14.4. The molecule has 2 aliphatic carbocycles. The van der Waals surface area contributed by atoms with Gasteiger partial charge in [-0.1, -0.05) is 68.2 Å². The van der Waals surface area contributed by atoms with E-state index in [1.54, 1.807) is 0 Å². The Balaban J connectivity index is 0.000000316. The zero-order valence-electron chi connectivity index (χ0n) is 21.8. The lowest BCUT2D eigenvalue weighted by atomic mass is 9.75. The average molecular weight is 439 g/mol. The van der Waals surface area contributed by atoms with Crippen molar-refractivity contribution < 1.29 is 19.1 Å². The number of hydrogen-bond donors (Lipinski definition) is 0. The summed E-state index contributed by atoms with van der Waals surface area (Å²) in [6.45, 7) is 19.1. The van der Waals surface area contributed by atoms with Crippen molar-refractivity contribution in [3.8, 4) is 0 Å². The summed E-state index contributed by atoms with van der Waals surface area (Å²) in [4.78, 5) is 22.7. The van der Waals surface area contributed by atoms with Crippen LogP contribution >= 0.6 is 0 Å². The van der Waals surface area contributed by atoms with Gasteiger partial charge in [-0.3, -0.25) is 9.59 Å². The molecular weight excluding hydrogens is 388 g/mol. The summed E-state index contributed by atoms with van der Waals surface area (Å²) >= 11 is 0. The quantitative estimate of drug-likeness (QED) is 0.417. The van der Waals surface area contributed by atoms with Crippen molar-refractivity contribution in [3.05, 3.63) is 0 Å². The molecule has 0 N–H and O–H groups in total. The van der Waals surface area contributed by atoms with E-state index in [9.17, 15) is 9.59 Å². The second-order valence-electron chi connectivity index (χ2n) is 11.4. The maximum absolute atomic E-state index is 11.8. The van der Waals surface area contributed by atoms with Crippen LogP contribution in [0.1, 0.15) is 107 Å². The van der Waals surface area contributed by atoms with E-state index in [-0.39, 0.29) is 24.1 Å². The second kappa shape index (κ2) is 13.5. The molecule has 0 aromatic rings. The van der Waals surface area contributed by atoms with Crippen LogP contribution in [0, 0.1) is 41.4 Å². The Morgan fingerprint density at radius 3 is 1.52 bits per heavy atom. The smallest absolute Gasteiger partial charge is 0.306 e. The molecule has 2 saturated carbocycles. The van der Waals surface area contributed by atoms with Gasteiger partial charge in [0.15, 0.2) is 0 Å². The Kier molecular flexibility index (Phi) is 12.2. The molecular formula is C27H50O4. The molecule has 2 fully saturated rings. The van der Waals surface area contributed by atoms with E-state index in [0.717, 1.165) is 12.8 Å². The fourth-order valence-corrected chi connectivity index (χ4v) is 5.26. The summed E-state index contributed by atoms with van der Waals surface area (Å²) in [6, 6.07) is 0. The molecule has 0 aliphatic heterocycles. The SMILES string of the molecule is CC(=O)OC1CC(C)CCC1C(C)C.CC(C)CC(=O)OC1CC(C)CCC1C(C)C. The first-order valence-electron chi connectivity index (χ1n) is 12.8. The predicted molar refractivity (Wildman–Crippen MR) is 128 cm³/mol. The summed E-state index contributed by atoms with van der Waals surface area (Å²) in [7, 11) is 0. The van der Waals surface area contributed by atoms with E-state index in [2.05, 4.69) is 55.4 Å². The van der Waals surface area contributed by atoms with E-state index in [1.807, 2.05) is 0 Å². The van der Waals surface area contributed by atoms with Gasteiger partial charge in [0, 0.05) is 13.3 Å². The van der Waals surface area contributed by atoms with Crippen LogP contribution < -0.4 is 0 Å². The molecule has 0 bridgehead atoms. The van der Waals surface area contributed by atoms with Crippen molar-refractivity contribution in [1.29, 1.82) is 0 Å². The highest BCUT2D eigenvalue weighted by molar-refractivity contribution is 5.69. The molecule has 0 radical (unpaired) electrons. The topological polar surface area (TPSA) is 52.6 Å². The highest BCUT2D eigenvalue weighted by atomic mass is 16.5. The van der Waals surface area contributed by atoms with Crippen LogP contribution in [0.2, 0.25) is 0 Å². The predicted octanol–water partition coefficient (Wildman–Crippen LogP) is 7.05. The van der Waals surface area contributed by atoms with Crippen LogP contribution in [0.3, 0.4) is 0 Å². The molecule has 0 amide bonds. The lowest BCUT2D eigenvalue weighted by Gasteiger charge is -2.36. The van der Waals surface area contributed by atoms with Crippen molar-refractivity contribution in [2.45, 2.75) is 119 Å². The first kappa shape index (κ1) is 28.0. The van der Waals surface area contributed by atoms with Gasteiger partial charge in [-0.05, 0) is 67.1 Å². The lowest BCUT2D eigenvalue weighted by molar-refractivity contribution is -0.157. The normalized spacial score (nSPS) is 31.2. The van der Waals surface area contributed by atoms with Gasteiger partial charge in [-0.25, -0.2) is 0 Å². The van der Waals surface area contributed by atoms with E-state index in [4.69, 9.17) is 9.47 Å². The second-order valence-corrected chi connectivity index (χ2v) is 11.4. The molecule has 0 aromatic carbocycles. The molecule has 4 heteroatoms. The van der Waals surface area contributed by atoms with Crippen LogP contribution in [-0.4, -0.2) is 24.1 Å². The number of esters is 2. The van der Waals surface area contributed by atoms with Crippen molar-refractivity contribution in [2.75, 3.05) is 0 Å². The fraction of sp³-hybridized carbons (Fsp3) is 0.926. The largest absolute Gasteiger partial charge is 0.462 e. The number of hydrogen-bond acceptors (Lipinski definition) is 4. The fourth-order valence-electron chi connectivity index (χ4n) is 5.26. The maximum atomic E-state index is 11.8. The third-order valence-corrected chi connectivity index (χ3v) is 7.10. The van der Waals surface area contributed by atoms with Gasteiger partial charge in [-0.15, -0.1) is 0 Å². The standard InChI is InChI=1S/C15H28O2.C12H22O2/c1-10(2)8-15(16)17-14-9-12(5)6-7-13(14)11(3)4;1-8(2)11-6-5-9(3)7-12(11)14-10(4)13/h10-14H,6-9H2,1-5H3;8-9,11-12H,5-7H2,1-4H3. The molecule has 2 aliphatic rings. The van der Waals surface area contributed by atoms with E-state index < -0.39 is 0 Å². The molecule has 31 heavy (non-hydrogen) atoms. The van der Waals surface area contributed by atoms with Crippen LogP contribution in [0.5, 0.6) is 0 Å². The highest BCUT2D eigenvalue weighted by Crippen LogP contribution is 2.36. The average Bonchev–Trinajstić information content (AvgIpc) is 2.60. The number of carbonyl (C=O) groups is 2. The van der Waals surface area contributed by atoms with Gasteiger partial charge >= 0.3 is 11.9 Å². The van der Waals surface area contributed by atoms with Gasteiger partial charge in [0.1, 0.15) is 12.2 Å². The number of ether oxygens (including phenoxy) is 2. The van der Waals surface area contributed by atoms with Crippen LogP contribution in [0.15, 0.2) is 0 Å². The van der Waals surface area contributed by atoms with Gasteiger partial charge in [-0.2, -0.15) is 0 Å². The van der Waals surface area contributed by atoms with Crippen LogP contribution in [-0.2, 0) is 19.1 Å². The van der Waals surface area contributed by atoms with E-state index in [0.29, 0.717) is 47.8 Å². The zero-order chi connectivity index (χ0) is 23.7. The Morgan fingerprint density at radius 2 is 1.16 bits per heavy atom. The van der Waals surface area contributed by atoms with Gasteiger partial charge in [0.2, 0.25) is 0 Å². The molecule has 4 nitrogen and oxygen atoms in total. The summed E-state index contributed by atoms with van der Waals surface area (Å²) in [5.41, 5.74) is 0. The summed E-state index contributed by atoms with van der Waals surface area (Å²) in [5.74, 6) is 4.00. The van der Waals surface area contributed by atoms with Crippen LogP contribution in [0.4, 0.5) is 0 Å². The van der Waals surface area contributed by atoms with Gasteiger partial charge in [0.05, 0.1) is 0 Å². The monoisotopic (exact) mass is 438 g/mol. The minimum atomic E-state index is -0.130.